The highest BCUT2D eigenvalue weighted by Gasteiger charge is 2.17. The van der Waals surface area contributed by atoms with E-state index in [0.29, 0.717) is 11.0 Å². The van der Waals surface area contributed by atoms with Crippen LogP contribution in [0.2, 0.25) is 0 Å². The van der Waals surface area contributed by atoms with E-state index < -0.39 is 5.91 Å². The van der Waals surface area contributed by atoms with Gasteiger partial charge in [0.2, 0.25) is 5.84 Å². The smallest absolute Gasteiger partial charge is 0.271 e. The standard InChI is InChI=1S/C12H10N4O.C6H10N6O/c17-16-12-9(5-4-7-11(12)14-15-16)10-6-2-1-3-8-13-10;1-12(2)11-10-6-4(5(7)13)8-3-9-6/h1-8,13,17H;3,11H,1-2H3,(H2,7,13)/b;10-6-. The topological polar surface area (TPSA) is 158 Å². The molecular formula is C18H20N10O2. The van der Waals surface area contributed by atoms with Crippen molar-refractivity contribution in [2.45, 2.75) is 0 Å². The first-order valence-electron chi connectivity index (χ1n) is 8.72. The lowest BCUT2D eigenvalue weighted by atomic mass is 10.1. The number of nitrogens with two attached hydrogens (primary N) is 1. The van der Waals surface area contributed by atoms with Crippen molar-refractivity contribution in [3.05, 3.63) is 54.3 Å². The molecule has 12 nitrogen and oxygen atoms in total. The highest BCUT2D eigenvalue weighted by atomic mass is 16.5. The molecule has 0 unspecified atom stereocenters. The van der Waals surface area contributed by atoms with Gasteiger partial charge < -0.3 is 16.3 Å². The summed E-state index contributed by atoms with van der Waals surface area (Å²) in [5, 5.41) is 25.7. The Bertz CT molecular complexity index is 1120. The average Bonchev–Trinajstić information content (AvgIpc) is 3.25. The predicted octanol–water partition coefficient (Wildman–Crippen LogP) is 0.0169. The van der Waals surface area contributed by atoms with Crippen molar-refractivity contribution in [1.29, 1.82) is 0 Å². The number of rotatable bonds is 4. The van der Waals surface area contributed by atoms with Gasteiger partial charge in [0, 0.05) is 31.6 Å². The molecule has 1 aromatic carbocycles. The van der Waals surface area contributed by atoms with E-state index in [9.17, 15) is 10.0 Å². The van der Waals surface area contributed by atoms with Crippen LogP contribution in [-0.4, -0.2) is 63.3 Å². The van der Waals surface area contributed by atoms with Crippen molar-refractivity contribution in [2.75, 3.05) is 14.1 Å². The van der Waals surface area contributed by atoms with Crippen molar-refractivity contribution in [2.24, 2.45) is 20.8 Å². The van der Waals surface area contributed by atoms with Crippen LogP contribution in [0.3, 0.4) is 0 Å². The Labute approximate surface area is 171 Å². The van der Waals surface area contributed by atoms with Gasteiger partial charge in [0.25, 0.3) is 5.91 Å². The predicted molar refractivity (Wildman–Crippen MR) is 113 cm³/mol. The Morgan fingerprint density at radius 2 is 2.13 bits per heavy atom. The van der Waals surface area contributed by atoms with Gasteiger partial charge in [-0.15, -0.1) is 10.2 Å². The number of aromatic nitrogens is 3. The number of hydrazone groups is 1. The SMILES string of the molecule is CN(C)N/N=C1\N=CN=C1C(N)=O.On1nnc2cccc(C3=CC=CC=CN3)c21. The summed E-state index contributed by atoms with van der Waals surface area (Å²) in [6.45, 7) is 0. The number of carbonyl (C=O) groups is 1. The fourth-order valence-electron chi connectivity index (χ4n) is 2.46. The van der Waals surface area contributed by atoms with Crippen LogP contribution >= 0.6 is 0 Å². The molecule has 3 heterocycles. The van der Waals surface area contributed by atoms with E-state index >= 15 is 0 Å². The largest absolute Gasteiger partial charge is 0.410 e. The molecule has 4 rings (SSSR count). The summed E-state index contributed by atoms with van der Waals surface area (Å²) in [6.07, 6.45) is 10.8. The van der Waals surface area contributed by atoms with Crippen LogP contribution in [0, 0.1) is 0 Å². The fraction of sp³-hybridized carbons (Fsp3) is 0.111. The molecule has 5 N–H and O–H groups in total. The minimum atomic E-state index is -0.642. The van der Waals surface area contributed by atoms with E-state index in [2.05, 4.69) is 36.2 Å². The molecule has 2 aromatic rings. The lowest BCUT2D eigenvalue weighted by molar-refractivity contribution is -0.111. The lowest BCUT2D eigenvalue weighted by Crippen LogP contribution is -2.32. The van der Waals surface area contributed by atoms with Gasteiger partial charge in [0.15, 0.2) is 5.71 Å². The second kappa shape index (κ2) is 9.25. The molecule has 0 bridgehead atoms. The lowest BCUT2D eigenvalue weighted by Gasteiger charge is -2.07. The maximum Gasteiger partial charge on any atom is 0.271 e. The first-order valence-corrected chi connectivity index (χ1v) is 8.72. The highest BCUT2D eigenvalue weighted by Crippen LogP contribution is 2.22. The highest BCUT2D eigenvalue weighted by molar-refractivity contribution is 6.68. The number of benzene rings is 1. The number of nitrogens with zero attached hydrogens (tertiary/aromatic N) is 7. The average molecular weight is 408 g/mol. The molecular weight excluding hydrogens is 388 g/mol. The molecule has 0 fully saturated rings. The number of fused-ring (bicyclic) bond motifs is 1. The third kappa shape index (κ3) is 4.74. The van der Waals surface area contributed by atoms with Crippen molar-refractivity contribution >= 4 is 40.5 Å². The van der Waals surface area contributed by atoms with Crippen molar-refractivity contribution < 1.29 is 10.0 Å². The number of amidine groups is 1. The van der Waals surface area contributed by atoms with E-state index in [1.54, 1.807) is 19.1 Å². The molecule has 2 aliphatic rings. The van der Waals surface area contributed by atoms with Crippen LogP contribution in [0.15, 0.2) is 63.8 Å². The van der Waals surface area contributed by atoms with Crippen molar-refractivity contribution in [1.82, 2.24) is 31.0 Å². The normalized spacial score (nSPS) is 16.0. The Morgan fingerprint density at radius 1 is 1.30 bits per heavy atom. The van der Waals surface area contributed by atoms with Crippen LogP contribution in [0.1, 0.15) is 5.56 Å². The van der Waals surface area contributed by atoms with E-state index in [-0.39, 0.29) is 11.5 Å². The monoisotopic (exact) mass is 408 g/mol. The van der Waals surface area contributed by atoms with Gasteiger partial charge >= 0.3 is 0 Å². The number of carbonyl (C=O) groups excluding carboxylic acids is 1. The van der Waals surface area contributed by atoms with Crippen LogP contribution in [0.4, 0.5) is 0 Å². The summed E-state index contributed by atoms with van der Waals surface area (Å²) >= 11 is 0. The molecule has 154 valence electrons. The Kier molecular flexibility index (Phi) is 6.29. The van der Waals surface area contributed by atoms with Crippen molar-refractivity contribution in [3.8, 4) is 0 Å². The van der Waals surface area contributed by atoms with Crippen molar-refractivity contribution in [3.63, 3.8) is 0 Å². The molecule has 12 heteroatoms. The van der Waals surface area contributed by atoms with E-state index in [1.165, 1.54) is 6.34 Å². The molecule has 0 saturated carbocycles. The number of primary amides is 1. The molecule has 0 radical (unpaired) electrons. The Balaban J connectivity index is 0.000000178. The van der Waals surface area contributed by atoms with Gasteiger partial charge in [0.1, 0.15) is 17.4 Å². The van der Waals surface area contributed by atoms with E-state index in [1.807, 2.05) is 48.7 Å². The Hall–Kier alpha value is -4.32. The number of nitrogens with one attached hydrogen (secondary N) is 2. The van der Waals surface area contributed by atoms with Crippen LogP contribution < -0.4 is 16.6 Å². The number of aliphatic imine (C=N–C) groups is 2. The molecule has 1 aromatic heterocycles. The molecule has 0 spiro atoms. The maximum absolute atomic E-state index is 10.7. The summed E-state index contributed by atoms with van der Waals surface area (Å²) < 4.78 is 0. The number of amides is 1. The summed E-state index contributed by atoms with van der Waals surface area (Å²) in [7, 11) is 3.51. The first kappa shape index (κ1) is 20.4. The number of hydrazine groups is 1. The van der Waals surface area contributed by atoms with Gasteiger partial charge in [-0.25, -0.2) is 20.5 Å². The van der Waals surface area contributed by atoms with Gasteiger partial charge in [-0.2, -0.15) is 0 Å². The van der Waals surface area contributed by atoms with Crippen LogP contribution in [0.25, 0.3) is 16.7 Å². The summed E-state index contributed by atoms with van der Waals surface area (Å²) in [5.41, 5.74) is 10.7. The third-order valence-corrected chi connectivity index (χ3v) is 3.73. The molecule has 2 aliphatic heterocycles. The van der Waals surface area contributed by atoms with Gasteiger partial charge in [0.05, 0.1) is 0 Å². The van der Waals surface area contributed by atoms with Crippen LogP contribution in [0.5, 0.6) is 0 Å². The number of para-hydroxylation sites is 1. The van der Waals surface area contributed by atoms with Gasteiger partial charge in [-0.05, 0) is 23.4 Å². The second-order valence-corrected chi connectivity index (χ2v) is 6.14. The molecule has 1 amide bonds. The molecule has 30 heavy (non-hydrogen) atoms. The second-order valence-electron chi connectivity index (χ2n) is 6.14. The minimum Gasteiger partial charge on any atom is -0.410 e. The van der Waals surface area contributed by atoms with Gasteiger partial charge in [-0.3, -0.25) is 4.79 Å². The number of hydrogen-bond acceptors (Lipinski definition) is 9. The zero-order valence-electron chi connectivity index (χ0n) is 16.3. The van der Waals surface area contributed by atoms with Crippen LogP contribution in [-0.2, 0) is 4.79 Å². The zero-order valence-corrected chi connectivity index (χ0v) is 16.3. The number of allylic oxidation sites excluding steroid dienone is 4. The van der Waals surface area contributed by atoms with Gasteiger partial charge in [-0.1, -0.05) is 29.1 Å². The molecule has 0 saturated heterocycles. The quantitative estimate of drug-likeness (QED) is 0.410. The zero-order chi connectivity index (χ0) is 21.5. The van der Waals surface area contributed by atoms with E-state index in [0.717, 1.165) is 16.1 Å². The fourth-order valence-corrected chi connectivity index (χ4v) is 2.46. The summed E-state index contributed by atoms with van der Waals surface area (Å²) in [6, 6.07) is 5.60. The summed E-state index contributed by atoms with van der Waals surface area (Å²) in [5.74, 6) is -0.446. The molecule has 0 aliphatic carbocycles. The molecule has 0 atom stereocenters. The number of hydrogen-bond donors (Lipinski definition) is 4. The van der Waals surface area contributed by atoms with E-state index in [4.69, 9.17) is 5.73 Å². The Morgan fingerprint density at radius 3 is 2.90 bits per heavy atom. The maximum atomic E-state index is 10.7. The summed E-state index contributed by atoms with van der Waals surface area (Å²) in [4.78, 5) is 18.9. The third-order valence-electron chi connectivity index (χ3n) is 3.73. The minimum absolute atomic E-state index is 0.0642. The first-order chi connectivity index (χ1) is 14.5.